The monoisotopic (exact) mass is 322 g/mol. The number of halogens is 2. The van der Waals surface area contributed by atoms with Gasteiger partial charge in [-0.3, -0.25) is 0 Å². The van der Waals surface area contributed by atoms with Crippen molar-refractivity contribution in [1.82, 2.24) is 9.97 Å². The summed E-state index contributed by atoms with van der Waals surface area (Å²) >= 11 is 3.32. The first-order valence-corrected chi connectivity index (χ1v) is 6.23. The predicted molar refractivity (Wildman–Crippen MR) is 71.5 cm³/mol. The van der Waals surface area contributed by atoms with Crippen LogP contribution in [0.2, 0.25) is 0 Å². The van der Waals surface area contributed by atoms with Gasteiger partial charge in [-0.25, -0.2) is 14.4 Å². The Balaban J connectivity index is 2.24. The van der Waals surface area contributed by atoms with Crippen LogP contribution < -0.4 is 4.74 Å². The molecule has 1 aromatic carbocycles. The van der Waals surface area contributed by atoms with Gasteiger partial charge in [0.05, 0.1) is 7.11 Å². The molecule has 0 unspecified atom stereocenters. The molecule has 96 valence electrons. The van der Waals surface area contributed by atoms with Crippen LogP contribution in [0, 0.1) is 5.82 Å². The minimum atomic E-state index is -0.422. The molecule has 0 N–H and O–H groups in total. The highest BCUT2D eigenvalue weighted by Gasteiger charge is 2.16. The van der Waals surface area contributed by atoms with E-state index >= 15 is 0 Å². The minimum absolute atomic E-state index is 0.194. The summed E-state index contributed by atoms with van der Waals surface area (Å²) in [6.07, 6.45) is 1.60. The molecule has 0 aliphatic heterocycles. The third-order valence-corrected chi connectivity index (χ3v) is 3.04. The molecule has 0 fully saturated rings. The third-order valence-electron chi connectivity index (χ3n) is 2.61. The Bertz CT molecular complexity index is 757. The molecule has 0 radical (unpaired) electrons. The molecule has 0 amide bonds. The fraction of sp³-hybridized carbons (Fsp3) is 0.0769. The number of hydrogen-bond acceptors (Lipinski definition) is 4. The lowest BCUT2D eigenvalue weighted by Crippen LogP contribution is -1.91. The SMILES string of the molecule is COc1ncc(Br)cc1-c1nc2c(F)cccc2o1. The van der Waals surface area contributed by atoms with Crippen molar-refractivity contribution in [3.63, 3.8) is 0 Å². The molecule has 0 spiro atoms. The molecule has 3 aromatic rings. The molecule has 0 aliphatic rings. The number of oxazole rings is 1. The highest BCUT2D eigenvalue weighted by atomic mass is 79.9. The fourth-order valence-electron chi connectivity index (χ4n) is 1.77. The molecule has 2 aromatic heterocycles. The van der Waals surface area contributed by atoms with Gasteiger partial charge in [-0.15, -0.1) is 0 Å². The number of benzene rings is 1. The average molecular weight is 323 g/mol. The summed E-state index contributed by atoms with van der Waals surface area (Å²) in [7, 11) is 1.50. The average Bonchev–Trinajstić information content (AvgIpc) is 2.84. The lowest BCUT2D eigenvalue weighted by Gasteiger charge is -2.03. The van der Waals surface area contributed by atoms with E-state index in [4.69, 9.17) is 9.15 Å². The molecular formula is C13H8BrFN2O2. The van der Waals surface area contributed by atoms with Gasteiger partial charge in [0.15, 0.2) is 11.4 Å². The first-order valence-electron chi connectivity index (χ1n) is 5.44. The van der Waals surface area contributed by atoms with Crippen LogP contribution in [0.5, 0.6) is 5.88 Å². The Labute approximate surface area is 116 Å². The first kappa shape index (κ1) is 12.1. The van der Waals surface area contributed by atoms with Gasteiger partial charge in [-0.1, -0.05) is 6.07 Å². The van der Waals surface area contributed by atoms with Gasteiger partial charge in [0.2, 0.25) is 11.8 Å². The molecule has 0 aliphatic carbocycles. The summed E-state index contributed by atoms with van der Waals surface area (Å²) in [5.74, 6) is 0.218. The van der Waals surface area contributed by atoms with Crippen molar-refractivity contribution in [2.45, 2.75) is 0 Å². The van der Waals surface area contributed by atoms with Crippen molar-refractivity contribution in [2.24, 2.45) is 0 Å². The zero-order valence-electron chi connectivity index (χ0n) is 9.85. The van der Waals surface area contributed by atoms with Crippen molar-refractivity contribution >= 4 is 27.0 Å². The van der Waals surface area contributed by atoms with Gasteiger partial charge in [0.1, 0.15) is 11.1 Å². The maximum Gasteiger partial charge on any atom is 0.232 e. The Kier molecular flexibility index (Phi) is 2.94. The summed E-state index contributed by atoms with van der Waals surface area (Å²) in [6.45, 7) is 0. The molecule has 4 nitrogen and oxygen atoms in total. The van der Waals surface area contributed by atoms with E-state index in [-0.39, 0.29) is 11.4 Å². The van der Waals surface area contributed by atoms with Crippen LogP contribution in [-0.2, 0) is 0 Å². The highest BCUT2D eigenvalue weighted by molar-refractivity contribution is 9.10. The molecular weight excluding hydrogens is 315 g/mol. The van der Waals surface area contributed by atoms with E-state index in [0.717, 1.165) is 4.47 Å². The number of rotatable bonds is 2. The van der Waals surface area contributed by atoms with Crippen molar-refractivity contribution < 1.29 is 13.5 Å². The van der Waals surface area contributed by atoms with Crippen LogP contribution >= 0.6 is 15.9 Å². The van der Waals surface area contributed by atoms with Crippen molar-refractivity contribution in [2.75, 3.05) is 7.11 Å². The standard InChI is InChI=1S/C13H8BrFN2O2/c1-18-12-8(5-7(14)6-16-12)13-17-11-9(15)3-2-4-10(11)19-13/h2-6H,1H3. The van der Waals surface area contributed by atoms with Crippen LogP contribution in [0.1, 0.15) is 0 Å². The molecule has 0 atom stereocenters. The lowest BCUT2D eigenvalue weighted by atomic mass is 10.2. The molecule has 19 heavy (non-hydrogen) atoms. The first-order chi connectivity index (χ1) is 9.19. The lowest BCUT2D eigenvalue weighted by molar-refractivity contribution is 0.398. The van der Waals surface area contributed by atoms with Crippen LogP contribution in [0.3, 0.4) is 0 Å². The molecule has 3 rings (SSSR count). The van der Waals surface area contributed by atoms with Gasteiger partial charge in [0.25, 0.3) is 0 Å². The fourth-order valence-corrected chi connectivity index (χ4v) is 2.10. The topological polar surface area (TPSA) is 48.2 Å². The second-order valence-electron chi connectivity index (χ2n) is 3.82. The Morgan fingerprint density at radius 2 is 2.21 bits per heavy atom. The van der Waals surface area contributed by atoms with Gasteiger partial charge in [0, 0.05) is 10.7 Å². The maximum atomic E-state index is 13.6. The summed E-state index contributed by atoms with van der Waals surface area (Å²) < 4.78 is 25.0. The number of nitrogens with zero attached hydrogens (tertiary/aromatic N) is 2. The zero-order chi connectivity index (χ0) is 13.4. The molecule has 0 bridgehead atoms. The van der Waals surface area contributed by atoms with Gasteiger partial charge in [-0.05, 0) is 34.1 Å². The number of aromatic nitrogens is 2. The van der Waals surface area contributed by atoms with Gasteiger partial charge in [-0.2, -0.15) is 0 Å². The number of para-hydroxylation sites is 1. The van der Waals surface area contributed by atoms with Gasteiger partial charge < -0.3 is 9.15 Å². The minimum Gasteiger partial charge on any atom is -0.480 e. The largest absolute Gasteiger partial charge is 0.480 e. The summed E-state index contributed by atoms with van der Waals surface area (Å²) in [4.78, 5) is 8.25. The third kappa shape index (κ3) is 2.08. The van der Waals surface area contributed by atoms with Crippen LogP contribution in [0.15, 0.2) is 39.4 Å². The summed E-state index contributed by atoms with van der Waals surface area (Å²) in [5.41, 5.74) is 1.14. The normalized spacial score (nSPS) is 10.9. The molecule has 0 saturated heterocycles. The quantitative estimate of drug-likeness (QED) is 0.720. The molecule has 6 heteroatoms. The van der Waals surface area contributed by atoms with Crippen molar-refractivity contribution in [1.29, 1.82) is 0 Å². The van der Waals surface area contributed by atoms with E-state index in [0.29, 0.717) is 17.0 Å². The van der Waals surface area contributed by atoms with Crippen LogP contribution in [0.25, 0.3) is 22.6 Å². The van der Waals surface area contributed by atoms with Gasteiger partial charge >= 0.3 is 0 Å². The number of hydrogen-bond donors (Lipinski definition) is 0. The second kappa shape index (κ2) is 4.62. The van der Waals surface area contributed by atoms with Crippen LogP contribution in [0.4, 0.5) is 4.39 Å². The van der Waals surface area contributed by atoms with E-state index < -0.39 is 5.82 Å². The van der Waals surface area contributed by atoms with Crippen molar-refractivity contribution in [3.05, 3.63) is 40.8 Å². The van der Waals surface area contributed by atoms with E-state index in [1.165, 1.54) is 13.2 Å². The summed E-state index contributed by atoms with van der Waals surface area (Å²) in [6, 6.07) is 6.33. The highest BCUT2D eigenvalue weighted by Crippen LogP contribution is 2.32. The second-order valence-corrected chi connectivity index (χ2v) is 4.73. The van der Waals surface area contributed by atoms with Crippen LogP contribution in [-0.4, -0.2) is 17.1 Å². The number of pyridine rings is 1. The Morgan fingerprint density at radius 1 is 1.37 bits per heavy atom. The number of fused-ring (bicyclic) bond motifs is 1. The Hall–Kier alpha value is -1.95. The molecule has 0 saturated carbocycles. The zero-order valence-corrected chi connectivity index (χ0v) is 11.4. The Morgan fingerprint density at radius 3 is 2.95 bits per heavy atom. The predicted octanol–water partition coefficient (Wildman–Crippen LogP) is 3.80. The smallest absolute Gasteiger partial charge is 0.232 e. The maximum absolute atomic E-state index is 13.6. The number of ether oxygens (including phenoxy) is 1. The van der Waals surface area contributed by atoms with E-state index in [2.05, 4.69) is 25.9 Å². The molecule has 2 heterocycles. The number of methoxy groups -OCH3 is 1. The summed E-state index contributed by atoms with van der Waals surface area (Å²) in [5, 5.41) is 0. The van der Waals surface area contributed by atoms with E-state index in [1.807, 2.05) is 0 Å². The van der Waals surface area contributed by atoms with E-state index in [9.17, 15) is 4.39 Å². The van der Waals surface area contributed by atoms with E-state index in [1.54, 1.807) is 24.4 Å². The van der Waals surface area contributed by atoms with Crippen molar-refractivity contribution in [3.8, 4) is 17.3 Å².